The van der Waals surface area contributed by atoms with Crippen LogP contribution in [0.3, 0.4) is 0 Å². The van der Waals surface area contributed by atoms with Gasteiger partial charge in [-0.3, -0.25) is 9.52 Å². The van der Waals surface area contributed by atoms with Gasteiger partial charge in [-0.2, -0.15) is 0 Å². The molecule has 0 spiro atoms. The van der Waals surface area contributed by atoms with Crippen molar-refractivity contribution in [1.82, 2.24) is 4.90 Å². The van der Waals surface area contributed by atoms with Gasteiger partial charge in [0.25, 0.3) is 15.9 Å². The molecule has 1 N–H and O–H groups in total. The zero-order chi connectivity index (χ0) is 24.8. The molecule has 1 heterocycles. The van der Waals surface area contributed by atoms with Gasteiger partial charge in [0.05, 0.1) is 19.1 Å². The first-order chi connectivity index (χ1) is 16.9. The number of ether oxygens (including phenoxy) is 2. The van der Waals surface area contributed by atoms with Crippen molar-refractivity contribution in [3.63, 3.8) is 0 Å². The Labute approximate surface area is 206 Å². The number of amides is 1. The van der Waals surface area contributed by atoms with Crippen molar-refractivity contribution in [2.45, 2.75) is 11.3 Å². The number of benzene rings is 3. The summed E-state index contributed by atoms with van der Waals surface area (Å²) in [5.41, 5.74) is 1.99. The van der Waals surface area contributed by atoms with E-state index in [0.717, 1.165) is 30.9 Å². The molecule has 35 heavy (non-hydrogen) atoms. The van der Waals surface area contributed by atoms with Crippen LogP contribution in [0.15, 0.2) is 77.7 Å². The van der Waals surface area contributed by atoms with Gasteiger partial charge in [0.1, 0.15) is 11.5 Å². The monoisotopic (exact) mass is 495 g/mol. The summed E-state index contributed by atoms with van der Waals surface area (Å²) in [6.45, 7) is 2.80. The van der Waals surface area contributed by atoms with Crippen LogP contribution in [0.4, 0.5) is 11.4 Å². The van der Waals surface area contributed by atoms with Gasteiger partial charge in [-0.25, -0.2) is 8.42 Å². The number of nitrogens with one attached hydrogen (secondary N) is 1. The van der Waals surface area contributed by atoms with Crippen molar-refractivity contribution in [3.8, 4) is 11.5 Å². The molecule has 9 heteroatoms. The van der Waals surface area contributed by atoms with Crippen LogP contribution in [0.5, 0.6) is 11.5 Å². The van der Waals surface area contributed by atoms with Crippen molar-refractivity contribution >= 4 is 27.3 Å². The quantitative estimate of drug-likeness (QED) is 0.536. The topological polar surface area (TPSA) is 88.2 Å². The second kappa shape index (κ2) is 10.7. The van der Waals surface area contributed by atoms with Crippen molar-refractivity contribution in [3.05, 3.63) is 78.4 Å². The van der Waals surface area contributed by atoms with Crippen molar-refractivity contribution in [2.75, 3.05) is 50.0 Å². The minimum atomic E-state index is -3.78. The molecule has 0 saturated carbocycles. The highest BCUT2D eigenvalue weighted by atomic mass is 32.2. The number of hydrogen-bond donors (Lipinski definition) is 1. The summed E-state index contributed by atoms with van der Waals surface area (Å²) in [7, 11) is -0.591. The predicted octanol–water partition coefficient (Wildman–Crippen LogP) is 3.86. The van der Waals surface area contributed by atoms with E-state index >= 15 is 0 Å². The molecule has 1 saturated heterocycles. The van der Waals surface area contributed by atoms with E-state index in [-0.39, 0.29) is 10.8 Å². The highest BCUT2D eigenvalue weighted by Gasteiger charge is 2.22. The molecule has 3 aromatic rings. The Bertz CT molecular complexity index is 1240. The third kappa shape index (κ3) is 5.86. The lowest BCUT2D eigenvalue weighted by Crippen LogP contribution is -2.35. The summed E-state index contributed by atoms with van der Waals surface area (Å²) >= 11 is 0. The molecule has 1 aliphatic rings. The number of carbonyl (C=O) groups is 1. The van der Waals surface area contributed by atoms with Gasteiger partial charge in [-0.15, -0.1) is 0 Å². The van der Waals surface area contributed by atoms with E-state index in [4.69, 9.17) is 9.47 Å². The van der Waals surface area contributed by atoms with E-state index in [1.807, 2.05) is 29.2 Å². The second-order valence-corrected chi connectivity index (χ2v) is 9.87. The highest BCUT2D eigenvalue weighted by molar-refractivity contribution is 7.92. The molecule has 0 aliphatic carbocycles. The SMILES string of the molecule is COc1ccc(NS(=O)(=O)c2ccc(C(=O)N3CCCN(c4ccc(OC)cc4)CC3)cc2)cc1. The maximum absolute atomic E-state index is 13.1. The van der Waals surface area contributed by atoms with Crippen molar-refractivity contribution < 1.29 is 22.7 Å². The Morgan fingerprint density at radius 1 is 0.771 bits per heavy atom. The van der Waals surface area contributed by atoms with Crippen LogP contribution in [0.25, 0.3) is 0 Å². The number of carbonyl (C=O) groups excluding carboxylic acids is 1. The van der Waals surface area contributed by atoms with Crippen LogP contribution in [0, 0.1) is 0 Å². The lowest BCUT2D eigenvalue weighted by molar-refractivity contribution is 0.0767. The molecule has 1 fully saturated rings. The van der Waals surface area contributed by atoms with Crippen molar-refractivity contribution in [2.24, 2.45) is 0 Å². The number of sulfonamides is 1. The summed E-state index contributed by atoms with van der Waals surface area (Å²) in [6.07, 6.45) is 0.843. The molecular formula is C26H29N3O5S. The number of nitrogens with zero attached hydrogens (tertiary/aromatic N) is 2. The van der Waals surface area contributed by atoms with Gasteiger partial charge in [0.2, 0.25) is 0 Å². The fraction of sp³-hybridized carbons (Fsp3) is 0.269. The first-order valence-electron chi connectivity index (χ1n) is 11.3. The summed E-state index contributed by atoms with van der Waals surface area (Å²) < 4.78 is 38.4. The van der Waals surface area contributed by atoms with Crippen LogP contribution in [-0.4, -0.2) is 59.6 Å². The third-order valence-corrected chi connectivity index (χ3v) is 7.37. The molecule has 0 bridgehead atoms. The maximum Gasteiger partial charge on any atom is 0.261 e. The van der Waals surface area contributed by atoms with Gasteiger partial charge in [-0.1, -0.05) is 0 Å². The lowest BCUT2D eigenvalue weighted by atomic mass is 10.2. The number of rotatable bonds is 7. The molecule has 8 nitrogen and oxygen atoms in total. The Morgan fingerprint density at radius 3 is 1.97 bits per heavy atom. The zero-order valence-corrected chi connectivity index (χ0v) is 20.6. The summed E-state index contributed by atoms with van der Waals surface area (Å²) in [4.78, 5) is 17.3. The maximum atomic E-state index is 13.1. The highest BCUT2D eigenvalue weighted by Crippen LogP contribution is 2.22. The molecule has 4 rings (SSSR count). The van der Waals surface area contributed by atoms with E-state index in [2.05, 4.69) is 9.62 Å². The van der Waals surface area contributed by atoms with Gasteiger partial charge >= 0.3 is 0 Å². The fourth-order valence-corrected chi connectivity index (χ4v) is 5.06. The molecule has 184 valence electrons. The number of hydrogen-bond acceptors (Lipinski definition) is 6. The largest absolute Gasteiger partial charge is 0.497 e. The fourth-order valence-electron chi connectivity index (χ4n) is 4.00. The first-order valence-corrected chi connectivity index (χ1v) is 12.8. The van der Waals surface area contributed by atoms with Gasteiger partial charge in [0, 0.05) is 43.1 Å². The summed E-state index contributed by atoms with van der Waals surface area (Å²) in [5, 5.41) is 0. The zero-order valence-electron chi connectivity index (χ0n) is 19.8. The van der Waals surface area contributed by atoms with E-state index < -0.39 is 10.0 Å². The van der Waals surface area contributed by atoms with Crippen LogP contribution in [0.2, 0.25) is 0 Å². The normalized spacial score (nSPS) is 14.2. The van der Waals surface area contributed by atoms with Crippen LogP contribution in [-0.2, 0) is 10.0 Å². The standard InChI is InChI=1S/C26H29N3O5S/c1-33-23-10-6-21(7-11-23)27-35(31,32)25-14-4-20(5-15-25)26(30)29-17-3-16-28(18-19-29)22-8-12-24(34-2)13-9-22/h4-15,27H,3,16-19H2,1-2H3. The lowest BCUT2D eigenvalue weighted by Gasteiger charge is -2.24. The average molecular weight is 496 g/mol. The number of methoxy groups -OCH3 is 2. The molecule has 0 radical (unpaired) electrons. The smallest absolute Gasteiger partial charge is 0.261 e. The minimum Gasteiger partial charge on any atom is -0.497 e. The second-order valence-electron chi connectivity index (χ2n) is 8.19. The molecule has 1 aliphatic heterocycles. The van der Waals surface area contributed by atoms with Crippen LogP contribution in [0.1, 0.15) is 16.8 Å². The van der Waals surface area contributed by atoms with E-state index in [9.17, 15) is 13.2 Å². The molecule has 0 aromatic heterocycles. The Morgan fingerprint density at radius 2 is 1.37 bits per heavy atom. The third-order valence-electron chi connectivity index (χ3n) is 5.97. The van der Waals surface area contributed by atoms with Crippen LogP contribution >= 0.6 is 0 Å². The van der Waals surface area contributed by atoms with Gasteiger partial charge < -0.3 is 19.3 Å². The molecule has 1 amide bonds. The Hall–Kier alpha value is -3.72. The molecule has 3 aromatic carbocycles. The molecular weight excluding hydrogens is 466 g/mol. The van der Waals surface area contributed by atoms with Gasteiger partial charge in [0.15, 0.2) is 0 Å². The van der Waals surface area contributed by atoms with E-state index in [0.29, 0.717) is 30.1 Å². The molecule has 0 atom stereocenters. The predicted molar refractivity (Wildman–Crippen MR) is 136 cm³/mol. The molecule has 0 unspecified atom stereocenters. The minimum absolute atomic E-state index is 0.0893. The Kier molecular flexibility index (Phi) is 7.45. The van der Waals surface area contributed by atoms with Crippen LogP contribution < -0.4 is 19.1 Å². The average Bonchev–Trinajstić information content (AvgIpc) is 3.15. The number of anilines is 2. The summed E-state index contributed by atoms with van der Waals surface area (Å²) in [5.74, 6) is 1.34. The van der Waals surface area contributed by atoms with Gasteiger partial charge in [-0.05, 0) is 79.2 Å². The Balaban J connectivity index is 1.39. The van der Waals surface area contributed by atoms with E-state index in [1.54, 1.807) is 50.6 Å². The van der Waals surface area contributed by atoms with E-state index in [1.165, 1.54) is 12.1 Å². The summed E-state index contributed by atoms with van der Waals surface area (Å²) in [6, 6.07) is 20.6. The first kappa shape index (κ1) is 24.4. The van der Waals surface area contributed by atoms with Crippen molar-refractivity contribution in [1.29, 1.82) is 0 Å².